The van der Waals surface area contributed by atoms with Gasteiger partial charge in [0.15, 0.2) is 5.17 Å². The standard InChI is InChI=1S/C25H28ClF2N3O3S/c1-2-3-4-5-9-16-31-22(32)17-21(35-24(31)30-18-10-7-6-8-11-18)23(33)29-19-12-14-20(15-13-19)34-25(26,27)28/h6-8,10-15,21H,2-5,9,16-17H2,1H3,(H,29,33)/t21-/m0/s1. The van der Waals surface area contributed by atoms with E-state index in [0.717, 1.165) is 32.1 Å². The highest BCUT2D eigenvalue weighted by molar-refractivity contribution is 8.15. The minimum Gasteiger partial charge on any atom is -0.420 e. The summed E-state index contributed by atoms with van der Waals surface area (Å²) in [6.45, 7) is 2.71. The summed E-state index contributed by atoms with van der Waals surface area (Å²) < 4.78 is 29.8. The molecular formula is C25H28ClF2N3O3S. The predicted octanol–water partition coefficient (Wildman–Crippen LogP) is 6.79. The summed E-state index contributed by atoms with van der Waals surface area (Å²) in [5, 5.41) is 2.55. The molecule has 188 valence electrons. The van der Waals surface area contributed by atoms with Crippen LogP contribution in [0.25, 0.3) is 0 Å². The molecule has 35 heavy (non-hydrogen) atoms. The fraction of sp³-hybridized carbons (Fsp3) is 0.400. The second kappa shape index (κ2) is 12.9. The number of rotatable bonds is 11. The van der Waals surface area contributed by atoms with Crippen molar-refractivity contribution in [3.8, 4) is 5.75 Å². The first-order chi connectivity index (χ1) is 16.7. The zero-order valence-corrected chi connectivity index (χ0v) is 21.0. The van der Waals surface area contributed by atoms with E-state index in [4.69, 9.17) is 11.6 Å². The molecule has 3 rings (SSSR count). The molecule has 1 saturated heterocycles. The average molecular weight is 524 g/mol. The fourth-order valence-corrected chi connectivity index (χ4v) is 4.72. The van der Waals surface area contributed by atoms with Crippen LogP contribution in [0.2, 0.25) is 0 Å². The SMILES string of the molecule is CCCCCCCN1C(=O)C[C@@H](C(=O)Nc2ccc(OC(F)(F)Cl)cc2)SC1=Nc1ccccc1. The van der Waals surface area contributed by atoms with Crippen molar-refractivity contribution < 1.29 is 23.1 Å². The number of thioether (sulfide) groups is 1. The quantitative estimate of drug-likeness (QED) is 0.260. The summed E-state index contributed by atoms with van der Waals surface area (Å²) in [5.74, 6) is -0.665. The number of anilines is 1. The highest BCUT2D eigenvalue weighted by Crippen LogP contribution is 2.31. The number of halogens is 3. The van der Waals surface area contributed by atoms with Crippen molar-refractivity contribution in [3.05, 3.63) is 54.6 Å². The number of ether oxygens (including phenoxy) is 1. The number of alkyl halides is 3. The summed E-state index contributed by atoms with van der Waals surface area (Å²) >= 11 is 6.02. The Labute approximate surface area is 213 Å². The Morgan fingerprint density at radius 2 is 1.83 bits per heavy atom. The predicted molar refractivity (Wildman–Crippen MR) is 137 cm³/mol. The summed E-state index contributed by atoms with van der Waals surface area (Å²) in [4.78, 5) is 32.3. The molecule has 0 radical (unpaired) electrons. The van der Waals surface area contributed by atoms with Crippen LogP contribution < -0.4 is 10.1 Å². The molecule has 0 unspecified atom stereocenters. The Kier molecular flexibility index (Phi) is 9.92. The molecule has 0 spiro atoms. The number of amides is 2. The number of nitrogens with zero attached hydrogens (tertiary/aromatic N) is 2. The molecule has 0 saturated carbocycles. The molecule has 10 heteroatoms. The number of unbranched alkanes of at least 4 members (excludes halogenated alkanes) is 4. The summed E-state index contributed by atoms with van der Waals surface area (Å²) in [6, 6.07) is 14.7. The van der Waals surface area contributed by atoms with E-state index < -0.39 is 10.8 Å². The van der Waals surface area contributed by atoms with Crippen molar-refractivity contribution >= 4 is 51.7 Å². The second-order valence-electron chi connectivity index (χ2n) is 8.06. The van der Waals surface area contributed by atoms with Crippen LogP contribution in [-0.2, 0) is 9.59 Å². The number of benzene rings is 2. The third-order valence-electron chi connectivity index (χ3n) is 5.25. The molecule has 2 amide bonds. The molecule has 2 aromatic rings. The van der Waals surface area contributed by atoms with E-state index in [2.05, 4.69) is 22.0 Å². The molecule has 2 aromatic carbocycles. The van der Waals surface area contributed by atoms with Gasteiger partial charge in [-0.15, -0.1) is 8.78 Å². The van der Waals surface area contributed by atoms with E-state index in [1.807, 2.05) is 30.3 Å². The van der Waals surface area contributed by atoms with Gasteiger partial charge in [0.05, 0.1) is 5.69 Å². The van der Waals surface area contributed by atoms with Crippen molar-refractivity contribution in [2.24, 2.45) is 4.99 Å². The van der Waals surface area contributed by atoms with E-state index in [-0.39, 0.29) is 24.0 Å². The van der Waals surface area contributed by atoms with Crippen LogP contribution in [0.1, 0.15) is 45.4 Å². The maximum atomic E-state index is 13.0. The van der Waals surface area contributed by atoms with Crippen LogP contribution in [-0.4, -0.2) is 39.2 Å². The highest BCUT2D eigenvalue weighted by Gasteiger charge is 2.35. The van der Waals surface area contributed by atoms with E-state index in [0.29, 0.717) is 23.1 Å². The third-order valence-corrected chi connectivity index (χ3v) is 6.52. The molecular weight excluding hydrogens is 496 g/mol. The number of amidine groups is 1. The summed E-state index contributed by atoms with van der Waals surface area (Å²) in [5.41, 5.74) is -2.74. The Bertz CT molecular complexity index is 1020. The lowest BCUT2D eigenvalue weighted by Crippen LogP contribution is -2.45. The van der Waals surface area contributed by atoms with E-state index in [1.165, 1.54) is 36.0 Å². The first-order valence-corrected chi connectivity index (χ1v) is 12.8. The van der Waals surface area contributed by atoms with Gasteiger partial charge in [-0.05, 0) is 42.8 Å². The Morgan fingerprint density at radius 3 is 2.49 bits per heavy atom. The fourth-order valence-electron chi connectivity index (χ4n) is 3.51. The van der Waals surface area contributed by atoms with Crippen LogP contribution in [0.4, 0.5) is 20.2 Å². The molecule has 1 aliphatic rings. The number of hydrogen-bond donors (Lipinski definition) is 1. The third kappa shape index (κ3) is 8.81. The van der Waals surface area contributed by atoms with E-state index in [9.17, 15) is 18.4 Å². The van der Waals surface area contributed by atoms with Gasteiger partial charge in [-0.2, -0.15) is 0 Å². The molecule has 1 heterocycles. The normalized spacial score (nSPS) is 17.5. The zero-order valence-electron chi connectivity index (χ0n) is 19.4. The number of nitrogens with one attached hydrogen (secondary N) is 1. The zero-order chi connectivity index (χ0) is 25.3. The number of hydrogen-bond acceptors (Lipinski definition) is 5. The van der Waals surface area contributed by atoms with Crippen LogP contribution >= 0.6 is 23.4 Å². The van der Waals surface area contributed by atoms with Crippen molar-refractivity contribution in [3.63, 3.8) is 0 Å². The number of aliphatic imine (C=N–C) groups is 1. The van der Waals surface area contributed by atoms with Crippen LogP contribution in [0.5, 0.6) is 5.75 Å². The van der Waals surface area contributed by atoms with Crippen LogP contribution in [0.15, 0.2) is 59.6 Å². The van der Waals surface area contributed by atoms with Gasteiger partial charge >= 0.3 is 5.57 Å². The minimum atomic E-state index is -3.82. The van der Waals surface area contributed by atoms with E-state index >= 15 is 0 Å². The molecule has 1 fully saturated rings. The second-order valence-corrected chi connectivity index (χ2v) is 9.67. The van der Waals surface area contributed by atoms with Gasteiger partial charge in [-0.25, -0.2) is 4.99 Å². The van der Waals surface area contributed by atoms with Gasteiger partial charge in [0.25, 0.3) is 0 Å². The van der Waals surface area contributed by atoms with Gasteiger partial charge in [-0.1, -0.05) is 62.6 Å². The topological polar surface area (TPSA) is 71.0 Å². The molecule has 1 aliphatic heterocycles. The molecule has 0 bridgehead atoms. The summed E-state index contributed by atoms with van der Waals surface area (Å²) in [7, 11) is 0. The minimum absolute atomic E-state index is 0.0406. The largest absolute Gasteiger partial charge is 0.487 e. The molecule has 0 aliphatic carbocycles. The van der Waals surface area contributed by atoms with Gasteiger partial charge in [0.2, 0.25) is 11.8 Å². The summed E-state index contributed by atoms with van der Waals surface area (Å²) in [6.07, 6.45) is 5.36. The lowest BCUT2D eigenvalue weighted by molar-refractivity contribution is -0.129. The van der Waals surface area contributed by atoms with Gasteiger partial charge in [0.1, 0.15) is 11.0 Å². The van der Waals surface area contributed by atoms with Gasteiger partial charge < -0.3 is 10.1 Å². The van der Waals surface area contributed by atoms with Crippen molar-refractivity contribution in [2.75, 3.05) is 11.9 Å². The van der Waals surface area contributed by atoms with E-state index in [1.54, 1.807) is 4.90 Å². The lowest BCUT2D eigenvalue weighted by atomic mass is 10.1. The maximum Gasteiger partial charge on any atom is 0.487 e. The smallest absolute Gasteiger partial charge is 0.420 e. The highest BCUT2D eigenvalue weighted by atomic mass is 35.5. The first-order valence-electron chi connectivity index (χ1n) is 11.5. The molecule has 6 nitrogen and oxygen atoms in total. The molecule has 0 aromatic heterocycles. The Balaban J connectivity index is 1.69. The Morgan fingerprint density at radius 1 is 1.14 bits per heavy atom. The number of carbonyl (C=O) groups excluding carboxylic acids is 2. The number of carbonyl (C=O) groups is 2. The van der Waals surface area contributed by atoms with Crippen molar-refractivity contribution in [2.45, 2.75) is 56.3 Å². The first kappa shape index (κ1) is 26.9. The maximum absolute atomic E-state index is 13.0. The number of para-hydroxylation sites is 1. The van der Waals surface area contributed by atoms with Crippen LogP contribution in [0, 0.1) is 0 Å². The van der Waals surface area contributed by atoms with Crippen molar-refractivity contribution in [1.82, 2.24) is 4.90 Å². The molecule has 1 atom stereocenters. The lowest BCUT2D eigenvalue weighted by Gasteiger charge is -2.32. The van der Waals surface area contributed by atoms with Crippen LogP contribution in [0.3, 0.4) is 0 Å². The monoisotopic (exact) mass is 523 g/mol. The average Bonchev–Trinajstić information content (AvgIpc) is 2.81. The molecule has 1 N–H and O–H groups in total. The Hall–Kier alpha value is -2.65. The van der Waals surface area contributed by atoms with Gasteiger partial charge in [0, 0.05) is 30.3 Å². The van der Waals surface area contributed by atoms with Crippen molar-refractivity contribution in [1.29, 1.82) is 0 Å². The van der Waals surface area contributed by atoms with Gasteiger partial charge in [-0.3, -0.25) is 14.5 Å².